The minimum Gasteiger partial charge on any atom is -0.486 e. The van der Waals surface area contributed by atoms with Crippen LogP contribution in [0.5, 0.6) is 11.5 Å². The highest BCUT2D eigenvalue weighted by atomic mass is 16.6. The Morgan fingerprint density at radius 3 is 2.25 bits per heavy atom. The smallest absolute Gasteiger partial charge is 0.264 e. The predicted octanol–water partition coefficient (Wildman–Crippen LogP) is 3.20. The molecule has 0 saturated heterocycles. The SMILES string of the molecule is CN(C(=O)[C@H](Cc1ccccc1)NC(=O)c1ccc2c(c1)OCCO2)N(C#N)CCc1ccccc1. The van der Waals surface area contributed by atoms with Crippen molar-refractivity contribution < 1.29 is 19.1 Å². The fourth-order valence-corrected chi connectivity index (χ4v) is 3.97. The molecule has 8 nitrogen and oxygen atoms in total. The van der Waals surface area contributed by atoms with Crippen LogP contribution in [-0.2, 0) is 17.6 Å². The second kappa shape index (κ2) is 11.8. The minimum absolute atomic E-state index is 0.276. The first-order chi connectivity index (χ1) is 17.5. The number of amides is 2. The van der Waals surface area contributed by atoms with Gasteiger partial charge in [0.25, 0.3) is 11.8 Å². The van der Waals surface area contributed by atoms with E-state index >= 15 is 0 Å². The van der Waals surface area contributed by atoms with Gasteiger partial charge in [-0.05, 0) is 35.7 Å². The van der Waals surface area contributed by atoms with Crippen molar-refractivity contribution in [2.75, 3.05) is 26.8 Å². The number of nitrogens with zero attached hydrogens (tertiary/aromatic N) is 3. The highest BCUT2D eigenvalue weighted by molar-refractivity contribution is 5.98. The van der Waals surface area contributed by atoms with Gasteiger partial charge in [0, 0.05) is 19.0 Å². The standard InChI is InChI=1S/C28H28N4O4/c1-31(32(20-29)15-14-21-8-4-2-5-9-21)28(34)24(18-22-10-6-3-7-11-22)30-27(33)23-12-13-25-26(19-23)36-17-16-35-25/h2-13,19,24H,14-18H2,1H3,(H,30,33)/t24-/m0/s1. The molecule has 0 fully saturated rings. The van der Waals surface area contributed by atoms with Gasteiger partial charge < -0.3 is 14.8 Å². The summed E-state index contributed by atoms with van der Waals surface area (Å²) in [6, 6.07) is 23.2. The maximum Gasteiger partial charge on any atom is 0.264 e. The molecule has 0 radical (unpaired) electrons. The third-order valence-electron chi connectivity index (χ3n) is 5.94. The van der Waals surface area contributed by atoms with Crippen LogP contribution in [0.25, 0.3) is 0 Å². The van der Waals surface area contributed by atoms with Gasteiger partial charge in [0.05, 0.1) is 6.54 Å². The van der Waals surface area contributed by atoms with Gasteiger partial charge in [-0.1, -0.05) is 60.7 Å². The zero-order valence-electron chi connectivity index (χ0n) is 20.1. The number of hydrogen-bond donors (Lipinski definition) is 1. The lowest BCUT2D eigenvalue weighted by Crippen LogP contribution is -2.53. The molecule has 1 aliphatic heterocycles. The van der Waals surface area contributed by atoms with Gasteiger partial charge in [-0.2, -0.15) is 5.26 Å². The Balaban J connectivity index is 1.50. The van der Waals surface area contributed by atoms with Crippen molar-refractivity contribution in [3.05, 3.63) is 95.6 Å². The Kier molecular flexibility index (Phi) is 8.04. The number of carbonyl (C=O) groups excluding carboxylic acids is 2. The number of nitriles is 1. The number of carbonyl (C=O) groups is 2. The summed E-state index contributed by atoms with van der Waals surface area (Å²) in [7, 11) is 1.55. The number of benzene rings is 3. The summed E-state index contributed by atoms with van der Waals surface area (Å²) in [5.74, 6) is 0.271. The molecule has 1 atom stereocenters. The van der Waals surface area contributed by atoms with Crippen LogP contribution >= 0.6 is 0 Å². The fraction of sp³-hybridized carbons (Fsp3) is 0.250. The summed E-state index contributed by atoms with van der Waals surface area (Å²) in [6.07, 6.45) is 2.96. The molecule has 0 saturated carbocycles. The van der Waals surface area contributed by atoms with E-state index in [-0.39, 0.29) is 12.3 Å². The lowest BCUT2D eigenvalue weighted by Gasteiger charge is -2.30. The van der Waals surface area contributed by atoms with Gasteiger partial charge in [-0.25, -0.2) is 10.0 Å². The van der Waals surface area contributed by atoms with E-state index in [0.29, 0.717) is 43.2 Å². The van der Waals surface area contributed by atoms with Gasteiger partial charge >= 0.3 is 0 Å². The third kappa shape index (κ3) is 6.13. The van der Waals surface area contributed by atoms with E-state index in [2.05, 4.69) is 11.5 Å². The van der Waals surface area contributed by atoms with E-state index in [9.17, 15) is 14.9 Å². The summed E-state index contributed by atoms with van der Waals surface area (Å²) in [6.45, 7) is 1.19. The van der Waals surface area contributed by atoms with Crippen molar-refractivity contribution in [2.24, 2.45) is 0 Å². The van der Waals surface area contributed by atoms with Crippen LogP contribution < -0.4 is 14.8 Å². The molecule has 8 heteroatoms. The molecule has 1 aliphatic rings. The number of nitrogens with one attached hydrogen (secondary N) is 1. The van der Waals surface area contributed by atoms with Crippen molar-refractivity contribution in [2.45, 2.75) is 18.9 Å². The molecule has 0 aromatic heterocycles. The van der Waals surface area contributed by atoms with Crippen molar-refractivity contribution in [1.29, 1.82) is 5.26 Å². The fourth-order valence-electron chi connectivity index (χ4n) is 3.97. The van der Waals surface area contributed by atoms with Crippen LogP contribution in [0.4, 0.5) is 0 Å². The van der Waals surface area contributed by atoms with Gasteiger partial charge in [0.15, 0.2) is 17.7 Å². The zero-order chi connectivity index (χ0) is 25.3. The highest BCUT2D eigenvalue weighted by Crippen LogP contribution is 2.30. The van der Waals surface area contributed by atoms with Crippen molar-refractivity contribution in [3.8, 4) is 17.7 Å². The van der Waals surface area contributed by atoms with Crippen LogP contribution in [0.2, 0.25) is 0 Å². The van der Waals surface area contributed by atoms with E-state index in [1.807, 2.05) is 60.7 Å². The number of fused-ring (bicyclic) bond motifs is 1. The van der Waals surface area contributed by atoms with E-state index in [1.165, 1.54) is 10.0 Å². The van der Waals surface area contributed by atoms with Gasteiger partial charge in [0.2, 0.25) is 0 Å². The minimum atomic E-state index is -0.884. The Labute approximate surface area is 210 Å². The third-order valence-corrected chi connectivity index (χ3v) is 5.94. The molecule has 36 heavy (non-hydrogen) atoms. The number of hydrogen-bond acceptors (Lipinski definition) is 6. The maximum atomic E-state index is 13.5. The number of rotatable bonds is 9. The normalized spacial score (nSPS) is 12.7. The van der Waals surface area contributed by atoms with E-state index < -0.39 is 11.9 Å². The average Bonchev–Trinajstić information content (AvgIpc) is 2.93. The zero-order valence-corrected chi connectivity index (χ0v) is 20.1. The monoisotopic (exact) mass is 484 g/mol. The second-order valence-corrected chi connectivity index (χ2v) is 8.39. The maximum absolute atomic E-state index is 13.5. The van der Waals surface area contributed by atoms with E-state index in [1.54, 1.807) is 25.2 Å². The first kappa shape index (κ1) is 24.6. The van der Waals surface area contributed by atoms with Crippen LogP contribution in [0, 0.1) is 11.5 Å². The number of hydrazine groups is 1. The quantitative estimate of drug-likeness (QED) is 0.285. The molecule has 0 bridgehead atoms. The van der Waals surface area contributed by atoms with Crippen LogP contribution in [0.15, 0.2) is 78.9 Å². The molecule has 184 valence electrons. The molecule has 3 aromatic rings. The van der Waals surface area contributed by atoms with E-state index in [0.717, 1.165) is 11.1 Å². The molecule has 0 spiro atoms. The molecule has 0 aliphatic carbocycles. The molecule has 0 unspecified atom stereocenters. The second-order valence-electron chi connectivity index (χ2n) is 8.39. The van der Waals surface area contributed by atoms with E-state index in [4.69, 9.17) is 9.47 Å². The summed E-state index contributed by atoms with van der Waals surface area (Å²) < 4.78 is 11.1. The Hall–Kier alpha value is -4.51. The van der Waals surface area contributed by atoms with Crippen LogP contribution in [0.3, 0.4) is 0 Å². The summed E-state index contributed by atoms with van der Waals surface area (Å²) >= 11 is 0. The van der Waals surface area contributed by atoms with Crippen molar-refractivity contribution >= 4 is 11.8 Å². The lowest BCUT2D eigenvalue weighted by atomic mass is 10.0. The van der Waals surface area contributed by atoms with Crippen molar-refractivity contribution in [3.63, 3.8) is 0 Å². The summed E-state index contributed by atoms with van der Waals surface area (Å²) in [5.41, 5.74) is 2.31. The summed E-state index contributed by atoms with van der Waals surface area (Å²) in [5, 5.41) is 15.2. The predicted molar refractivity (Wildman–Crippen MR) is 134 cm³/mol. The Morgan fingerprint density at radius 2 is 1.58 bits per heavy atom. The Morgan fingerprint density at radius 1 is 0.944 bits per heavy atom. The summed E-state index contributed by atoms with van der Waals surface area (Å²) in [4.78, 5) is 26.7. The van der Waals surface area contributed by atoms with Crippen LogP contribution in [0.1, 0.15) is 21.5 Å². The van der Waals surface area contributed by atoms with Gasteiger partial charge in [-0.15, -0.1) is 0 Å². The number of likely N-dealkylation sites (N-methyl/N-ethyl adjacent to an activating group) is 1. The van der Waals surface area contributed by atoms with Crippen molar-refractivity contribution in [1.82, 2.24) is 15.3 Å². The first-order valence-electron chi connectivity index (χ1n) is 11.8. The molecule has 2 amide bonds. The molecule has 4 rings (SSSR count). The number of ether oxygens (including phenoxy) is 2. The largest absolute Gasteiger partial charge is 0.486 e. The molecule has 1 heterocycles. The highest BCUT2D eigenvalue weighted by Gasteiger charge is 2.28. The van der Waals surface area contributed by atoms with Crippen LogP contribution in [-0.4, -0.2) is 54.7 Å². The van der Waals surface area contributed by atoms with Gasteiger partial charge in [-0.3, -0.25) is 9.59 Å². The lowest BCUT2D eigenvalue weighted by molar-refractivity contribution is -0.143. The average molecular weight is 485 g/mol. The topological polar surface area (TPSA) is 94.9 Å². The molecular formula is C28H28N4O4. The molecular weight excluding hydrogens is 456 g/mol. The van der Waals surface area contributed by atoms with Gasteiger partial charge in [0.1, 0.15) is 19.3 Å². The molecule has 1 N–H and O–H groups in total. The Bertz CT molecular complexity index is 1230. The molecule has 3 aromatic carbocycles. The first-order valence-corrected chi connectivity index (χ1v) is 11.8.